The summed E-state index contributed by atoms with van der Waals surface area (Å²) in [6.07, 6.45) is 8.52. The van der Waals surface area contributed by atoms with Gasteiger partial charge in [0.1, 0.15) is 5.92 Å². The second kappa shape index (κ2) is 4.27. The van der Waals surface area contributed by atoms with E-state index < -0.39 is 10.8 Å². The van der Waals surface area contributed by atoms with Crippen LogP contribution < -0.4 is 0 Å². The van der Waals surface area contributed by atoms with Crippen molar-refractivity contribution < 1.29 is 9.59 Å². The SMILES string of the molecule is CC1(Cl)C=CC2=C(C1)C(=O)C(C1=NCCC=C1)C2=O. The lowest BCUT2D eigenvalue weighted by atomic mass is 9.90. The van der Waals surface area contributed by atoms with E-state index in [9.17, 15) is 9.59 Å². The van der Waals surface area contributed by atoms with Crippen molar-refractivity contribution in [2.24, 2.45) is 10.9 Å². The minimum atomic E-state index is -0.739. The van der Waals surface area contributed by atoms with Crippen LogP contribution in [0, 0.1) is 5.92 Å². The van der Waals surface area contributed by atoms with Crippen LogP contribution in [-0.4, -0.2) is 28.7 Å². The molecule has 1 aliphatic heterocycles. The lowest BCUT2D eigenvalue weighted by molar-refractivity contribution is -0.123. The van der Waals surface area contributed by atoms with Gasteiger partial charge in [-0.15, -0.1) is 11.6 Å². The van der Waals surface area contributed by atoms with Crippen LogP contribution in [0.4, 0.5) is 0 Å². The average molecular weight is 276 g/mol. The van der Waals surface area contributed by atoms with Gasteiger partial charge in [0, 0.05) is 17.7 Å². The quantitative estimate of drug-likeness (QED) is 0.545. The summed E-state index contributed by atoms with van der Waals surface area (Å²) in [4.78, 5) is 28.6. The third kappa shape index (κ3) is 2.02. The molecule has 2 aliphatic carbocycles. The summed E-state index contributed by atoms with van der Waals surface area (Å²) in [5, 5.41) is 0. The summed E-state index contributed by atoms with van der Waals surface area (Å²) in [7, 11) is 0. The molecule has 98 valence electrons. The molecule has 0 saturated carbocycles. The van der Waals surface area contributed by atoms with Crippen molar-refractivity contribution in [1.29, 1.82) is 0 Å². The maximum absolute atomic E-state index is 12.5. The number of dihydropyridines is 1. The zero-order valence-corrected chi connectivity index (χ0v) is 11.4. The van der Waals surface area contributed by atoms with Crippen LogP contribution in [0.3, 0.4) is 0 Å². The molecule has 0 saturated heterocycles. The topological polar surface area (TPSA) is 46.5 Å². The molecule has 0 aromatic rings. The van der Waals surface area contributed by atoms with E-state index in [0.717, 1.165) is 6.42 Å². The molecule has 0 aromatic carbocycles. The first kappa shape index (κ1) is 12.5. The van der Waals surface area contributed by atoms with Gasteiger partial charge in [-0.1, -0.05) is 18.2 Å². The Balaban J connectivity index is 1.97. The smallest absolute Gasteiger partial charge is 0.180 e. The molecule has 4 heteroatoms. The average Bonchev–Trinajstić information content (AvgIpc) is 2.61. The second-order valence-electron chi connectivity index (χ2n) is 5.34. The summed E-state index contributed by atoms with van der Waals surface area (Å²) in [5.74, 6) is -0.994. The van der Waals surface area contributed by atoms with E-state index in [0.29, 0.717) is 29.8 Å². The highest BCUT2D eigenvalue weighted by Gasteiger charge is 2.45. The van der Waals surface area contributed by atoms with Crippen molar-refractivity contribution in [1.82, 2.24) is 0 Å². The van der Waals surface area contributed by atoms with Crippen LogP contribution in [-0.2, 0) is 9.59 Å². The molecule has 19 heavy (non-hydrogen) atoms. The van der Waals surface area contributed by atoms with Gasteiger partial charge in [0.25, 0.3) is 0 Å². The number of aliphatic imine (C=N–C) groups is 1. The molecule has 0 amide bonds. The fraction of sp³-hybridized carbons (Fsp3) is 0.400. The van der Waals surface area contributed by atoms with E-state index in [1.165, 1.54) is 0 Å². The molecule has 3 nitrogen and oxygen atoms in total. The molecule has 2 atom stereocenters. The van der Waals surface area contributed by atoms with Crippen molar-refractivity contribution >= 4 is 28.9 Å². The summed E-state index contributed by atoms with van der Waals surface area (Å²) in [6, 6.07) is 0. The normalized spacial score (nSPS) is 33.8. The Hall–Kier alpha value is -1.48. The standard InChI is InChI=1S/C15H14ClNO2/c1-15(16)6-5-9-10(8-15)14(19)12(13(9)18)11-4-2-3-7-17-11/h2,4-6,12H,3,7-8H2,1H3. The first-order valence-electron chi connectivity index (χ1n) is 6.40. The van der Waals surface area contributed by atoms with Gasteiger partial charge in [0.15, 0.2) is 11.6 Å². The number of allylic oxidation sites excluding steroid dienone is 5. The number of hydrogen-bond acceptors (Lipinski definition) is 3. The molecular formula is C15H14ClNO2. The largest absolute Gasteiger partial charge is 0.293 e. The summed E-state index contributed by atoms with van der Waals surface area (Å²) < 4.78 is 0. The summed E-state index contributed by atoms with van der Waals surface area (Å²) >= 11 is 6.26. The Bertz CT molecular complexity index is 593. The molecular weight excluding hydrogens is 262 g/mol. The Morgan fingerprint density at radius 1 is 1.32 bits per heavy atom. The first-order chi connectivity index (χ1) is 8.99. The third-order valence-corrected chi connectivity index (χ3v) is 3.97. The number of ketones is 2. The van der Waals surface area contributed by atoms with E-state index in [2.05, 4.69) is 4.99 Å². The van der Waals surface area contributed by atoms with E-state index in [1.807, 2.05) is 13.0 Å². The van der Waals surface area contributed by atoms with Crippen LogP contribution in [0.15, 0.2) is 40.4 Å². The number of alkyl halides is 1. The third-order valence-electron chi connectivity index (χ3n) is 3.71. The lowest BCUT2D eigenvalue weighted by Crippen LogP contribution is -2.27. The van der Waals surface area contributed by atoms with E-state index >= 15 is 0 Å². The number of rotatable bonds is 1. The maximum atomic E-state index is 12.5. The zero-order valence-electron chi connectivity index (χ0n) is 10.6. The van der Waals surface area contributed by atoms with Crippen LogP contribution in [0.2, 0.25) is 0 Å². The Kier molecular flexibility index (Phi) is 2.82. The molecule has 0 radical (unpaired) electrons. The Morgan fingerprint density at radius 2 is 2.11 bits per heavy atom. The number of hydrogen-bond donors (Lipinski definition) is 0. The first-order valence-corrected chi connectivity index (χ1v) is 6.78. The number of nitrogens with zero attached hydrogens (tertiary/aromatic N) is 1. The highest BCUT2D eigenvalue weighted by atomic mass is 35.5. The van der Waals surface area contributed by atoms with Crippen molar-refractivity contribution in [3.05, 3.63) is 35.5 Å². The minimum Gasteiger partial charge on any atom is -0.293 e. The van der Waals surface area contributed by atoms with E-state index in [-0.39, 0.29) is 11.6 Å². The van der Waals surface area contributed by atoms with E-state index in [4.69, 9.17) is 11.6 Å². The second-order valence-corrected chi connectivity index (χ2v) is 6.20. The number of carbonyl (C=O) groups excluding carboxylic acids is 2. The number of halogens is 1. The maximum Gasteiger partial charge on any atom is 0.180 e. The predicted octanol–water partition coefficient (Wildman–Crippen LogP) is 2.41. The monoisotopic (exact) mass is 275 g/mol. The molecule has 0 bridgehead atoms. The molecule has 0 N–H and O–H groups in total. The molecule has 2 unspecified atom stereocenters. The van der Waals surface area contributed by atoms with Crippen molar-refractivity contribution in [3.63, 3.8) is 0 Å². The summed E-state index contributed by atoms with van der Waals surface area (Å²) in [6.45, 7) is 2.49. The van der Waals surface area contributed by atoms with Gasteiger partial charge in [0.2, 0.25) is 0 Å². The van der Waals surface area contributed by atoms with Crippen molar-refractivity contribution in [3.8, 4) is 0 Å². The molecule has 0 fully saturated rings. The van der Waals surface area contributed by atoms with Crippen LogP contribution in [0.25, 0.3) is 0 Å². The molecule has 0 aromatic heterocycles. The van der Waals surface area contributed by atoms with Gasteiger partial charge in [-0.2, -0.15) is 0 Å². The fourth-order valence-corrected chi connectivity index (χ4v) is 2.93. The van der Waals surface area contributed by atoms with Gasteiger partial charge in [0.05, 0.1) is 10.6 Å². The Labute approximate surface area is 116 Å². The van der Waals surface area contributed by atoms with Gasteiger partial charge in [-0.25, -0.2) is 0 Å². The Morgan fingerprint density at radius 3 is 2.79 bits per heavy atom. The number of Topliss-reactive ketones (excluding diaryl/α,β-unsaturated/α-hetero) is 2. The highest BCUT2D eigenvalue weighted by molar-refractivity contribution is 6.38. The fourth-order valence-electron chi connectivity index (χ4n) is 2.74. The van der Waals surface area contributed by atoms with Gasteiger partial charge in [-0.05, 0) is 25.8 Å². The summed E-state index contributed by atoms with van der Waals surface area (Å²) in [5.41, 5.74) is 1.69. The molecule has 1 heterocycles. The van der Waals surface area contributed by atoms with Crippen LogP contribution in [0.1, 0.15) is 19.8 Å². The van der Waals surface area contributed by atoms with Crippen LogP contribution in [0.5, 0.6) is 0 Å². The lowest BCUT2D eigenvalue weighted by Gasteiger charge is -2.21. The van der Waals surface area contributed by atoms with Crippen molar-refractivity contribution in [2.45, 2.75) is 24.6 Å². The predicted molar refractivity (Wildman–Crippen MR) is 74.6 cm³/mol. The zero-order chi connectivity index (χ0) is 13.6. The van der Waals surface area contributed by atoms with E-state index in [1.54, 1.807) is 18.2 Å². The molecule has 0 spiro atoms. The van der Waals surface area contributed by atoms with Crippen molar-refractivity contribution in [2.75, 3.05) is 6.54 Å². The highest BCUT2D eigenvalue weighted by Crippen LogP contribution is 2.39. The van der Waals surface area contributed by atoms with Gasteiger partial charge >= 0.3 is 0 Å². The number of carbonyl (C=O) groups is 2. The van der Waals surface area contributed by atoms with Gasteiger partial charge < -0.3 is 0 Å². The minimum absolute atomic E-state index is 0.124. The molecule has 3 aliphatic rings. The van der Waals surface area contributed by atoms with Crippen LogP contribution >= 0.6 is 11.6 Å². The molecule has 3 rings (SSSR count). The van der Waals surface area contributed by atoms with Gasteiger partial charge in [-0.3, -0.25) is 14.6 Å².